The van der Waals surface area contributed by atoms with Gasteiger partial charge in [-0.2, -0.15) is 0 Å². The van der Waals surface area contributed by atoms with E-state index >= 15 is 0 Å². The number of amides is 3. The zero-order valence-electron chi connectivity index (χ0n) is 26.2. The zero-order chi connectivity index (χ0) is 34.4. The normalized spacial score (nSPS) is 12.5. The fourth-order valence-corrected chi connectivity index (χ4v) is 5.45. The molecule has 14 nitrogen and oxygen atoms in total. The van der Waals surface area contributed by atoms with Crippen molar-refractivity contribution in [2.24, 2.45) is 5.92 Å². The standard InChI is InChI=1S/C32H40N3O11P/c1-3-5-7-12-26(27(4-2)35(21-36)45-18-22-10-8-6-9-11-22)31(39)33-20-34-32(40)29-14-13-28(46-29)23-15-24(44-19-30(37)38)17-25(16-23)47(41,42)43/h6,8-11,13-17,21,26-27H,3-5,7,12,18-20H2,1-2H3,(H,33,39)(H,34,40)(H,37,38)(H2,41,42,43)/t26?,27-/m1/s1. The molecule has 0 aliphatic carbocycles. The number of benzene rings is 2. The molecule has 0 aliphatic rings. The number of furan rings is 1. The van der Waals surface area contributed by atoms with Crippen molar-refractivity contribution in [1.82, 2.24) is 15.7 Å². The molecule has 2 aromatic carbocycles. The quantitative estimate of drug-likeness (QED) is 0.0385. The number of aliphatic carboxylic acids is 1. The van der Waals surface area contributed by atoms with Gasteiger partial charge in [0.25, 0.3) is 5.91 Å². The molecule has 1 heterocycles. The van der Waals surface area contributed by atoms with Gasteiger partial charge in [-0.3, -0.25) is 23.8 Å². The molecule has 0 saturated carbocycles. The van der Waals surface area contributed by atoms with Gasteiger partial charge in [0, 0.05) is 5.56 Å². The van der Waals surface area contributed by atoms with Crippen molar-refractivity contribution in [1.29, 1.82) is 0 Å². The Hall–Kier alpha value is -4.49. The maximum absolute atomic E-state index is 13.4. The summed E-state index contributed by atoms with van der Waals surface area (Å²) in [6, 6.07) is 15.0. The second-order valence-electron chi connectivity index (χ2n) is 10.6. The van der Waals surface area contributed by atoms with Gasteiger partial charge < -0.3 is 34.7 Å². The van der Waals surface area contributed by atoms with Crippen molar-refractivity contribution in [2.45, 2.75) is 58.6 Å². The summed E-state index contributed by atoms with van der Waals surface area (Å²) in [6.45, 7) is 3.07. The van der Waals surface area contributed by atoms with E-state index in [1.54, 1.807) is 0 Å². The van der Waals surface area contributed by atoms with E-state index in [1.165, 1.54) is 23.3 Å². The van der Waals surface area contributed by atoms with E-state index < -0.39 is 43.3 Å². The molecule has 3 amide bonds. The number of carboxylic acid groups (broad SMARTS) is 1. The van der Waals surface area contributed by atoms with Crippen LogP contribution in [0.15, 0.2) is 65.1 Å². The van der Waals surface area contributed by atoms with Crippen molar-refractivity contribution >= 4 is 37.1 Å². The van der Waals surface area contributed by atoms with Crippen LogP contribution < -0.4 is 20.7 Å². The van der Waals surface area contributed by atoms with E-state index in [1.807, 2.05) is 44.2 Å². The monoisotopic (exact) mass is 673 g/mol. The number of nitrogens with zero attached hydrogens (tertiary/aromatic N) is 1. The van der Waals surface area contributed by atoms with E-state index in [2.05, 4.69) is 10.6 Å². The van der Waals surface area contributed by atoms with E-state index in [-0.39, 0.29) is 42.0 Å². The lowest BCUT2D eigenvalue weighted by Gasteiger charge is -2.32. The second-order valence-corrected chi connectivity index (χ2v) is 12.2. The molecule has 3 aromatic rings. The molecular weight excluding hydrogens is 633 g/mol. The van der Waals surface area contributed by atoms with Gasteiger partial charge in [0.15, 0.2) is 12.4 Å². The van der Waals surface area contributed by atoms with Crippen molar-refractivity contribution in [3.05, 3.63) is 72.0 Å². The van der Waals surface area contributed by atoms with Crippen molar-refractivity contribution in [3.8, 4) is 17.1 Å². The van der Waals surface area contributed by atoms with Crippen LogP contribution in [0, 0.1) is 5.92 Å². The molecule has 0 spiro atoms. The van der Waals surface area contributed by atoms with E-state index in [0.29, 0.717) is 19.3 Å². The van der Waals surface area contributed by atoms with Crippen molar-refractivity contribution in [2.75, 3.05) is 13.3 Å². The summed E-state index contributed by atoms with van der Waals surface area (Å²) in [5.41, 5.74) is 1.000. The number of carbonyl (C=O) groups excluding carboxylic acids is 3. The number of nitrogens with one attached hydrogen (secondary N) is 2. The first kappa shape index (κ1) is 37.0. The number of hydrogen-bond donors (Lipinski definition) is 5. The molecule has 1 unspecified atom stereocenters. The van der Waals surface area contributed by atoms with Gasteiger partial charge in [-0.1, -0.05) is 63.4 Å². The summed E-state index contributed by atoms with van der Waals surface area (Å²) in [5.74, 6) is -3.17. The van der Waals surface area contributed by atoms with Crippen molar-refractivity contribution in [3.63, 3.8) is 0 Å². The average Bonchev–Trinajstić information content (AvgIpc) is 3.55. The minimum atomic E-state index is -4.75. The molecule has 5 N–H and O–H groups in total. The highest BCUT2D eigenvalue weighted by Crippen LogP contribution is 2.37. The second kappa shape index (κ2) is 18.0. The third kappa shape index (κ3) is 11.4. The molecule has 0 aliphatic heterocycles. The Labute approximate surface area is 272 Å². The smallest absolute Gasteiger partial charge is 0.356 e. The van der Waals surface area contributed by atoms with Crippen LogP contribution in [0.25, 0.3) is 11.3 Å². The highest BCUT2D eigenvalue weighted by atomic mass is 31.2. The number of unbranched alkanes of at least 4 members (excludes halogenated alkanes) is 2. The number of hydrogen-bond acceptors (Lipinski definition) is 8. The van der Waals surface area contributed by atoms with Crippen molar-refractivity contribution < 1.29 is 52.6 Å². The van der Waals surface area contributed by atoms with Crippen LogP contribution in [0.3, 0.4) is 0 Å². The number of ether oxygens (including phenoxy) is 1. The largest absolute Gasteiger partial charge is 0.482 e. The zero-order valence-corrected chi connectivity index (χ0v) is 27.1. The van der Waals surface area contributed by atoms with Crippen LogP contribution >= 0.6 is 7.60 Å². The average molecular weight is 674 g/mol. The molecule has 2 atom stereocenters. The van der Waals surface area contributed by atoms with Gasteiger partial charge in [0.05, 0.1) is 23.9 Å². The lowest BCUT2D eigenvalue weighted by Crippen LogP contribution is -2.48. The first-order chi connectivity index (χ1) is 22.5. The summed E-state index contributed by atoms with van der Waals surface area (Å²) in [5, 5.41) is 14.9. The summed E-state index contributed by atoms with van der Waals surface area (Å²) >= 11 is 0. The highest BCUT2D eigenvalue weighted by Gasteiger charge is 2.32. The van der Waals surface area contributed by atoms with Gasteiger partial charge in [-0.15, -0.1) is 0 Å². The van der Waals surface area contributed by atoms with Crippen LogP contribution in [0.1, 0.15) is 62.1 Å². The molecule has 254 valence electrons. The Kier molecular flexibility index (Phi) is 14.2. The van der Waals surface area contributed by atoms with Gasteiger partial charge >= 0.3 is 13.6 Å². The van der Waals surface area contributed by atoms with Gasteiger partial charge in [0.2, 0.25) is 12.3 Å². The Morgan fingerprint density at radius 3 is 2.40 bits per heavy atom. The molecule has 1 aromatic heterocycles. The molecule has 15 heteroatoms. The number of carboxylic acids is 1. The SMILES string of the molecule is CCCCCC(C(=O)NCNC(=O)c1ccc(-c2cc(OCC(=O)O)cc(P(=O)(O)O)c2)o1)[C@@H](CC)N(C=O)OCc1ccccc1. The first-order valence-electron chi connectivity index (χ1n) is 15.1. The summed E-state index contributed by atoms with van der Waals surface area (Å²) in [7, 11) is -4.75. The third-order valence-corrected chi connectivity index (χ3v) is 8.14. The number of rotatable bonds is 20. The topological polar surface area (TPSA) is 205 Å². The van der Waals surface area contributed by atoms with Crippen LogP contribution in [-0.4, -0.2) is 63.5 Å². The van der Waals surface area contributed by atoms with Gasteiger partial charge in [-0.05, 0) is 48.7 Å². The van der Waals surface area contributed by atoms with Gasteiger partial charge in [-0.25, -0.2) is 9.86 Å². The predicted octanol–water partition coefficient (Wildman–Crippen LogP) is 3.58. The number of hydroxylamine groups is 2. The lowest BCUT2D eigenvalue weighted by atomic mass is 9.90. The number of carbonyl (C=O) groups is 4. The third-order valence-electron chi connectivity index (χ3n) is 7.21. The molecule has 0 fully saturated rings. The minimum Gasteiger partial charge on any atom is -0.482 e. The maximum Gasteiger partial charge on any atom is 0.356 e. The van der Waals surface area contributed by atoms with E-state index in [9.17, 15) is 33.5 Å². The highest BCUT2D eigenvalue weighted by molar-refractivity contribution is 7.60. The molecule has 0 radical (unpaired) electrons. The maximum atomic E-state index is 13.4. The van der Waals surface area contributed by atoms with Gasteiger partial charge in [0.1, 0.15) is 18.1 Å². The summed E-state index contributed by atoms with van der Waals surface area (Å²) in [6.07, 6.45) is 4.11. The molecule has 0 bridgehead atoms. The lowest BCUT2D eigenvalue weighted by molar-refractivity contribution is -0.200. The minimum absolute atomic E-state index is 0.0564. The fraction of sp³-hybridized carbons (Fsp3) is 0.375. The fourth-order valence-electron chi connectivity index (χ4n) is 4.85. The summed E-state index contributed by atoms with van der Waals surface area (Å²) in [4.78, 5) is 74.2. The molecule has 3 rings (SSSR count). The Morgan fingerprint density at radius 1 is 1.02 bits per heavy atom. The Balaban J connectivity index is 1.67. The van der Waals surface area contributed by atoms with Crippen LogP contribution in [-0.2, 0) is 30.4 Å². The summed E-state index contributed by atoms with van der Waals surface area (Å²) < 4.78 is 22.6. The first-order valence-corrected chi connectivity index (χ1v) is 16.7. The van der Waals surface area contributed by atoms with E-state index in [4.69, 9.17) is 19.1 Å². The Morgan fingerprint density at radius 2 is 1.77 bits per heavy atom. The molecule has 47 heavy (non-hydrogen) atoms. The predicted molar refractivity (Wildman–Crippen MR) is 170 cm³/mol. The van der Waals surface area contributed by atoms with Crippen LogP contribution in [0.5, 0.6) is 5.75 Å². The molecule has 0 saturated heterocycles. The van der Waals surface area contributed by atoms with E-state index in [0.717, 1.165) is 37.0 Å². The molecular formula is C32H40N3O11P. The van der Waals surface area contributed by atoms with Crippen LogP contribution in [0.2, 0.25) is 0 Å². The van der Waals surface area contributed by atoms with Crippen LogP contribution in [0.4, 0.5) is 0 Å². The Bertz CT molecular complexity index is 1540.